The van der Waals surface area contributed by atoms with Gasteiger partial charge in [0.05, 0.1) is 0 Å². The van der Waals surface area contributed by atoms with Crippen molar-refractivity contribution in [2.24, 2.45) is 7.05 Å². The third-order valence-electron chi connectivity index (χ3n) is 5.93. The van der Waals surface area contributed by atoms with Crippen molar-refractivity contribution >= 4 is 11.6 Å². The molecule has 0 spiro atoms. The summed E-state index contributed by atoms with van der Waals surface area (Å²) in [5.41, 5.74) is 1.81. The maximum absolute atomic E-state index is 12.9. The molecule has 1 aromatic heterocycles. The number of hydrogen-bond acceptors (Lipinski definition) is 3. The SMILES string of the molecule is CC(=O)N(c1ccccc1)C1(c2nccn2C)CCN(Cc2ccccc2)CC1. The van der Waals surface area contributed by atoms with Crippen LogP contribution in [0, 0.1) is 0 Å². The Morgan fingerprint density at radius 3 is 2.21 bits per heavy atom. The quantitative estimate of drug-likeness (QED) is 0.664. The molecule has 1 fully saturated rings. The molecular formula is C24H28N4O. The molecule has 2 aromatic carbocycles. The molecular weight excluding hydrogens is 360 g/mol. The van der Waals surface area contributed by atoms with Gasteiger partial charge >= 0.3 is 0 Å². The minimum Gasteiger partial charge on any atom is -0.336 e. The van der Waals surface area contributed by atoms with Gasteiger partial charge in [-0.05, 0) is 30.5 Å². The van der Waals surface area contributed by atoms with Gasteiger partial charge in [0.15, 0.2) is 0 Å². The third kappa shape index (κ3) is 3.83. The number of carbonyl (C=O) groups excluding carboxylic acids is 1. The molecule has 0 atom stereocenters. The van der Waals surface area contributed by atoms with E-state index >= 15 is 0 Å². The molecule has 0 saturated carbocycles. The molecule has 1 aliphatic heterocycles. The Balaban J connectivity index is 1.67. The maximum Gasteiger partial charge on any atom is 0.224 e. The summed E-state index contributed by atoms with van der Waals surface area (Å²) < 4.78 is 2.06. The number of nitrogens with zero attached hydrogens (tertiary/aromatic N) is 4. The van der Waals surface area contributed by atoms with E-state index in [9.17, 15) is 4.79 Å². The van der Waals surface area contributed by atoms with Gasteiger partial charge in [-0.15, -0.1) is 0 Å². The summed E-state index contributed by atoms with van der Waals surface area (Å²) in [7, 11) is 2.02. The molecule has 29 heavy (non-hydrogen) atoms. The number of anilines is 1. The molecule has 4 rings (SSSR count). The van der Waals surface area contributed by atoms with Crippen molar-refractivity contribution in [3.63, 3.8) is 0 Å². The third-order valence-corrected chi connectivity index (χ3v) is 5.93. The van der Waals surface area contributed by atoms with Crippen LogP contribution in [0.3, 0.4) is 0 Å². The van der Waals surface area contributed by atoms with Crippen LogP contribution in [0.4, 0.5) is 5.69 Å². The Kier molecular flexibility index (Phi) is 5.49. The minimum absolute atomic E-state index is 0.0516. The average Bonchev–Trinajstić information content (AvgIpc) is 3.17. The molecule has 5 heteroatoms. The van der Waals surface area contributed by atoms with Crippen LogP contribution in [0.25, 0.3) is 0 Å². The second-order valence-corrected chi connectivity index (χ2v) is 7.85. The lowest BCUT2D eigenvalue weighted by atomic mass is 9.83. The van der Waals surface area contributed by atoms with E-state index in [0.29, 0.717) is 0 Å². The Morgan fingerprint density at radius 2 is 1.66 bits per heavy atom. The largest absolute Gasteiger partial charge is 0.336 e. The van der Waals surface area contributed by atoms with Gasteiger partial charge < -0.3 is 4.57 Å². The molecule has 150 valence electrons. The number of aryl methyl sites for hydroxylation is 1. The molecule has 1 amide bonds. The molecule has 3 aromatic rings. The zero-order valence-corrected chi connectivity index (χ0v) is 17.2. The molecule has 0 unspecified atom stereocenters. The van der Waals surface area contributed by atoms with E-state index in [0.717, 1.165) is 44.0 Å². The van der Waals surface area contributed by atoms with E-state index in [1.165, 1.54) is 5.56 Å². The molecule has 1 aliphatic rings. The van der Waals surface area contributed by atoms with Gasteiger partial charge in [0.1, 0.15) is 11.4 Å². The Hall–Kier alpha value is -2.92. The Morgan fingerprint density at radius 1 is 1.03 bits per heavy atom. The van der Waals surface area contributed by atoms with Crippen LogP contribution in [0.15, 0.2) is 73.1 Å². The van der Waals surface area contributed by atoms with Crippen molar-refractivity contribution in [1.82, 2.24) is 14.5 Å². The number of piperidine rings is 1. The highest BCUT2D eigenvalue weighted by molar-refractivity contribution is 5.93. The lowest BCUT2D eigenvalue weighted by molar-refractivity contribution is -0.118. The summed E-state index contributed by atoms with van der Waals surface area (Å²) in [5.74, 6) is 1.01. The van der Waals surface area contributed by atoms with E-state index < -0.39 is 5.54 Å². The lowest BCUT2D eigenvalue weighted by Gasteiger charge is -2.48. The number of para-hydroxylation sites is 1. The van der Waals surface area contributed by atoms with Crippen molar-refractivity contribution in [2.45, 2.75) is 31.8 Å². The van der Waals surface area contributed by atoms with E-state index in [-0.39, 0.29) is 5.91 Å². The molecule has 1 saturated heterocycles. The van der Waals surface area contributed by atoms with E-state index in [1.807, 2.05) is 54.7 Å². The minimum atomic E-state index is -0.446. The first kappa shape index (κ1) is 19.4. The number of carbonyl (C=O) groups is 1. The second-order valence-electron chi connectivity index (χ2n) is 7.85. The predicted octanol–water partition coefficient (Wildman–Crippen LogP) is 3.96. The molecule has 2 heterocycles. The standard InChI is InChI=1S/C24H28N4O/c1-20(29)28(22-11-7-4-8-12-22)24(23-25-15-18-26(23)2)13-16-27(17-14-24)19-21-9-5-3-6-10-21/h3-12,15,18H,13-14,16-17,19H2,1-2H3. The van der Waals surface area contributed by atoms with Crippen molar-refractivity contribution < 1.29 is 4.79 Å². The van der Waals surface area contributed by atoms with Gasteiger partial charge in [0.2, 0.25) is 5.91 Å². The fourth-order valence-corrected chi connectivity index (χ4v) is 4.59. The Bertz CT molecular complexity index is 943. The summed E-state index contributed by atoms with van der Waals surface area (Å²) >= 11 is 0. The van der Waals surface area contributed by atoms with Gasteiger partial charge in [-0.1, -0.05) is 48.5 Å². The molecule has 0 N–H and O–H groups in total. The van der Waals surface area contributed by atoms with Gasteiger partial charge in [-0.3, -0.25) is 14.6 Å². The highest BCUT2D eigenvalue weighted by Gasteiger charge is 2.46. The molecule has 5 nitrogen and oxygen atoms in total. The number of imidazole rings is 1. The summed E-state index contributed by atoms with van der Waals surface area (Å²) in [6.07, 6.45) is 5.49. The number of rotatable bonds is 5. The van der Waals surface area contributed by atoms with E-state index in [2.05, 4.69) is 39.8 Å². The zero-order valence-electron chi connectivity index (χ0n) is 17.2. The molecule has 0 bridgehead atoms. The number of likely N-dealkylation sites (tertiary alicyclic amines) is 1. The first-order valence-corrected chi connectivity index (χ1v) is 10.2. The normalized spacial score (nSPS) is 16.5. The van der Waals surface area contributed by atoms with Crippen molar-refractivity contribution in [3.05, 3.63) is 84.4 Å². The summed E-state index contributed by atoms with van der Waals surface area (Å²) in [5, 5.41) is 0. The maximum atomic E-state index is 12.9. The zero-order chi connectivity index (χ0) is 20.3. The second kappa shape index (κ2) is 8.21. The highest BCUT2D eigenvalue weighted by Crippen LogP contribution is 2.41. The number of hydrogen-bond donors (Lipinski definition) is 0. The van der Waals surface area contributed by atoms with Crippen LogP contribution < -0.4 is 4.90 Å². The summed E-state index contributed by atoms with van der Waals surface area (Å²) in [6, 6.07) is 20.6. The molecule has 0 radical (unpaired) electrons. The fraction of sp³-hybridized carbons (Fsp3) is 0.333. The monoisotopic (exact) mass is 388 g/mol. The van der Waals surface area contributed by atoms with Crippen molar-refractivity contribution in [1.29, 1.82) is 0 Å². The number of amides is 1. The highest BCUT2D eigenvalue weighted by atomic mass is 16.2. The van der Waals surface area contributed by atoms with Crippen LogP contribution in [-0.4, -0.2) is 33.4 Å². The van der Waals surface area contributed by atoms with Crippen LogP contribution in [0.1, 0.15) is 31.2 Å². The Labute approximate surface area is 172 Å². The summed E-state index contributed by atoms with van der Waals surface area (Å²) in [6.45, 7) is 4.42. The van der Waals surface area contributed by atoms with E-state index in [1.54, 1.807) is 6.92 Å². The van der Waals surface area contributed by atoms with Crippen molar-refractivity contribution in [2.75, 3.05) is 18.0 Å². The van der Waals surface area contributed by atoms with Crippen molar-refractivity contribution in [3.8, 4) is 0 Å². The smallest absolute Gasteiger partial charge is 0.224 e. The number of benzene rings is 2. The first-order valence-electron chi connectivity index (χ1n) is 10.2. The summed E-state index contributed by atoms with van der Waals surface area (Å²) in [4.78, 5) is 22.0. The topological polar surface area (TPSA) is 41.4 Å². The first-order chi connectivity index (χ1) is 14.1. The van der Waals surface area contributed by atoms with E-state index in [4.69, 9.17) is 4.98 Å². The van der Waals surface area contributed by atoms with Gasteiger partial charge in [-0.2, -0.15) is 0 Å². The lowest BCUT2D eigenvalue weighted by Crippen LogP contribution is -2.56. The van der Waals surface area contributed by atoms with Crippen LogP contribution in [0.2, 0.25) is 0 Å². The fourth-order valence-electron chi connectivity index (χ4n) is 4.59. The predicted molar refractivity (Wildman–Crippen MR) is 115 cm³/mol. The average molecular weight is 389 g/mol. The number of aromatic nitrogens is 2. The van der Waals surface area contributed by atoms with Crippen LogP contribution in [-0.2, 0) is 23.9 Å². The van der Waals surface area contributed by atoms with Gasteiger partial charge in [0.25, 0.3) is 0 Å². The van der Waals surface area contributed by atoms with Crippen LogP contribution in [0.5, 0.6) is 0 Å². The van der Waals surface area contributed by atoms with Gasteiger partial charge in [-0.25, -0.2) is 4.98 Å². The molecule has 0 aliphatic carbocycles. The van der Waals surface area contributed by atoms with Crippen LogP contribution >= 0.6 is 0 Å². The van der Waals surface area contributed by atoms with Gasteiger partial charge in [0, 0.05) is 51.7 Å².